The van der Waals surface area contributed by atoms with Gasteiger partial charge in [0.05, 0.1) is 5.56 Å². The van der Waals surface area contributed by atoms with E-state index in [0.717, 1.165) is 5.56 Å². The summed E-state index contributed by atoms with van der Waals surface area (Å²) in [6.07, 6.45) is 0.812. The molecule has 120 valence electrons. The maximum atomic E-state index is 11.9. The van der Waals surface area contributed by atoms with E-state index in [1.54, 1.807) is 12.1 Å². The van der Waals surface area contributed by atoms with E-state index in [1.165, 1.54) is 23.5 Å². The molecule has 0 radical (unpaired) electrons. The number of carbonyl (C=O) groups is 2. The SMILES string of the molecule is CN1CCC(C(=O)NCCc2ccc(C(=O)O)cc2)S1(=O)=O. The average molecular weight is 326 g/mol. The van der Waals surface area contributed by atoms with Crippen LogP contribution in [0.15, 0.2) is 24.3 Å². The van der Waals surface area contributed by atoms with Crippen LogP contribution in [-0.2, 0) is 21.2 Å². The van der Waals surface area contributed by atoms with Crippen molar-refractivity contribution < 1.29 is 23.1 Å². The van der Waals surface area contributed by atoms with Crippen molar-refractivity contribution in [2.75, 3.05) is 20.1 Å². The van der Waals surface area contributed by atoms with Gasteiger partial charge in [-0.3, -0.25) is 4.79 Å². The van der Waals surface area contributed by atoms with E-state index in [4.69, 9.17) is 5.11 Å². The molecule has 1 atom stereocenters. The van der Waals surface area contributed by atoms with Crippen LogP contribution < -0.4 is 5.32 Å². The summed E-state index contributed by atoms with van der Waals surface area (Å²) in [4.78, 5) is 22.7. The first kappa shape index (κ1) is 16.4. The number of rotatable bonds is 5. The number of nitrogens with zero attached hydrogens (tertiary/aromatic N) is 1. The summed E-state index contributed by atoms with van der Waals surface area (Å²) in [6.45, 7) is 0.665. The zero-order chi connectivity index (χ0) is 16.3. The molecule has 0 aliphatic carbocycles. The second kappa shape index (κ2) is 6.45. The van der Waals surface area contributed by atoms with Gasteiger partial charge in [-0.2, -0.15) is 0 Å². The van der Waals surface area contributed by atoms with Crippen LogP contribution >= 0.6 is 0 Å². The number of benzene rings is 1. The van der Waals surface area contributed by atoms with E-state index in [9.17, 15) is 18.0 Å². The molecule has 0 saturated carbocycles. The Kier molecular flexibility index (Phi) is 4.82. The molecule has 22 heavy (non-hydrogen) atoms. The third-order valence-corrected chi connectivity index (χ3v) is 5.93. The number of nitrogens with one attached hydrogen (secondary N) is 1. The van der Waals surface area contributed by atoms with Gasteiger partial charge in [-0.15, -0.1) is 0 Å². The Labute approximate surface area is 129 Å². The topological polar surface area (TPSA) is 104 Å². The lowest BCUT2D eigenvalue weighted by molar-refractivity contribution is -0.120. The van der Waals surface area contributed by atoms with Gasteiger partial charge in [-0.1, -0.05) is 12.1 Å². The maximum Gasteiger partial charge on any atom is 0.335 e. The van der Waals surface area contributed by atoms with Crippen LogP contribution in [0.25, 0.3) is 0 Å². The van der Waals surface area contributed by atoms with Gasteiger partial charge in [-0.25, -0.2) is 17.5 Å². The molecule has 2 rings (SSSR count). The third kappa shape index (κ3) is 3.45. The van der Waals surface area contributed by atoms with Crippen LogP contribution in [0.5, 0.6) is 0 Å². The first-order valence-electron chi connectivity index (χ1n) is 6.87. The van der Waals surface area contributed by atoms with Gasteiger partial charge in [0, 0.05) is 20.1 Å². The Hall–Kier alpha value is -1.93. The second-order valence-corrected chi connectivity index (χ2v) is 7.41. The number of hydrogen-bond acceptors (Lipinski definition) is 4. The second-order valence-electron chi connectivity index (χ2n) is 5.19. The summed E-state index contributed by atoms with van der Waals surface area (Å²) in [5.74, 6) is -1.47. The quantitative estimate of drug-likeness (QED) is 0.797. The third-order valence-electron chi connectivity index (χ3n) is 3.71. The Bertz CT molecular complexity index is 669. The van der Waals surface area contributed by atoms with Crippen LogP contribution in [0.4, 0.5) is 0 Å². The van der Waals surface area contributed by atoms with Gasteiger partial charge >= 0.3 is 5.97 Å². The number of carbonyl (C=O) groups excluding carboxylic acids is 1. The maximum absolute atomic E-state index is 11.9. The lowest BCUT2D eigenvalue weighted by Gasteiger charge is -2.12. The van der Waals surface area contributed by atoms with Crippen molar-refractivity contribution in [2.45, 2.75) is 18.1 Å². The van der Waals surface area contributed by atoms with Crippen molar-refractivity contribution in [3.05, 3.63) is 35.4 Å². The molecule has 1 amide bonds. The van der Waals surface area contributed by atoms with E-state index in [-0.39, 0.29) is 5.56 Å². The monoisotopic (exact) mass is 326 g/mol. The molecule has 1 aliphatic rings. The lowest BCUT2D eigenvalue weighted by Crippen LogP contribution is -2.40. The van der Waals surface area contributed by atoms with Crippen molar-refractivity contribution >= 4 is 21.9 Å². The van der Waals surface area contributed by atoms with Crippen LogP contribution in [0.2, 0.25) is 0 Å². The summed E-state index contributed by atoms with van der Waals surface area (Å²) in [7, 11) is -2.05. The largest absolute Gasteiger partial charge is 0.478 e. The molecule has 0 bridgehead atoms. The molecule has 1 aromatic carbocycles. The van der Waals surface area contributed by atoms with Crippen LogP contribution in [-0.4, -0.2) is 55.1 Å². The van der Waals surface area contributed by atoms with Crippen LogP contribution in [0.3, 0.4) is 0 Å². The molecule has 7 nitrogen and oxygen atoms in total. The molecule has 1 unspecified atom stereocenters. The zero-order valence-electron chi connectivity index (χ0n) is 12.2. The van der Waals surface area contributed by atoms with Crippen molar-refractivity contribution in [3.8, 4) is 0 Å². The van der Waals surface area contributed by atoms with Crippen LogP contribution in [0.1, 0.15) is 22.3 Å². The van der Waals surface area contributed by atoms with Crippen molar-refractivity contribution in [1.29, 1.82) is 0 Å². The average Bonchev–Trinajstić information content (AvgIpc) is 2.73. The predicted molar refractivity (Wildman–Crippen MR) is 80.1 cm³/mol. The summed E-state index contributed by atoms with van der Waals surface area (Å²) in [5, 5.41) is 10.4. The Morgan fingerprint density at radius 3 is 2.45 bits per heavy atom. The molecule has 2 N–H and O–H groups in total. The first-order valence-corrected chi connectivity index (χ1v) is 8.38. The molecule has 1 saturated heterocycles. The summed E-state index contributed by atoms with van der Waals surface area (Å²) >= 11 is 0. The highest BCUT2D eigenvalue weighted by molar-refractivity contribution is 7.90. The van der Waals surface area contributed by atoms with E-state index in [2.05, 4.69) is 5.32 Å². The number of aromatic carboxylic acids is 1. The molecule has 1 fully saturated rings. The number of amides is 1. The minimum Gasteiger partial charge on any atom is -0.478 e. The van der Waals surface area contributed by atoms with Gasteiger partial charge in [0.15, 0.2) is 5.25 Å². The van der Waals surface area contributed by atoms with E-state index in [0.29, 0.717) is 25.9 Å². The first-order chi connectivity index (χ1) is 10.3. The number of carboxylic acid groups (broad SMARTS) is 1. The van der Waals surface area contributed by atoms with Gasteiger partial charge < -0.3 is 10.4 Å². The van der Waals surface area contributed by atoms with Crippen molar-refractivity contribution in [2.24, 2.45) is 0 Å². The Morgan fingerprint density at radius 1 is 1.32 bits per heavy atom. The molecule has 0 spiro atoms. The zero-order valence-corrected chi connectivity index (χ0v) is 13.0. The van der Waals surface area contributed by atoms with E-state index in [1.807, 2.05) is 0 Å². The van der Waals surface area contributed by atoms with E-state index < -0.39 is 27.1 Å². The lowest BCUT2D eigenvalue weighted by atomic mass is 10.1. The molecule has 1 aliphatic heterocycles. The molecular weight excluding hydrogens is 308 g/mol. The minimum absolute atomic E-state index is 0.202. The minimum atomic E-state index is -3.52. The number of carboxylic acids is 1. The highest BCUT2D eigenvalue weighted by Crippen LogP contribution is 2.19. The molecular formula is C14H18N2O5S. The fourth-order valence-corrected chi connectivity index (χ4v) is 3.87. The smallest absolute Gasteiger partial charge is 0.335 e. The van der Waals surface area contributed by atoms with Gasteiger partial charge in [-0.05, 0) is 30.5 Å². The predicted octanol–water partition coefficient (Wildman–Crippen LogP) is 0.0774. The summed E-state index contributed by atoms with van der Waals surface area (Å²) in [6, 6.07) is 6.34. The fraction of sp³-hybridized carbons (Fsp3) is 0.429. The van der Waals surface area contributed by atoms with Gasteiger partial charge in [0.25, 0.3) is 0 Å². The number of sulfonamides is 1. The van der Waals surface area contributed by atoms with Gasteiger partial charge in [0.1, 0.15) is 0 Å². The fourth-order valence-electron chi connectivity index (χ4n) is 2.32. The highest BCUT2D eigenvalue weighted by Gasteiger charge is 2.41. The Morgan fingerprint density at radius 2 is 1.95 bits per heavy atom. The molecule has 1 heterocycles. The highest BCUT2D eigenvalue weighted by atomic mass is 32.2. The van der Waals surface area contributed by atoms with Crippen molar-refractivity contribution in [3.63, 3.8) is 0 Å². The molecule has 1 aromatic rings. The Balaban J connectivity index is 1.86. The van der Waals surface area contributed by atoms with Crippen LogP contribution in [0, 0.1) is 0 Å². The molecule has 8 heteroatoms. The van der Waals surface area contributed by atoms with Crippen molar-refractivity contribution in [1.82, 2.24) is 9.62 Å². The summed E-state index contributed by atoms with van der Waals surface area (Å²) < 4.78 is 25.0. The summed E-state index contributed by atoms with van der Waals surface area (Å²) in [5.41, 5.74) is 1.07. The molecule has 0 aromatic heterocycles. The number of hydrogen-bond donors (Lipinski definition) is 2. The normalized spacial score (nSPS) is 20.7. The standard InChI is InChI=1S/C14H18N2O5S/c1-16-9-7-12(22(16,20)21)13(17)15-8-6-10-2-4-11(5-3-10)14(18)19/h2-5,12H,6-9H2,1H3,(H,15,17)(H,18,19). The van der Waals surface area contributed by atoms with E-state index >= 15 is 0 Å². The van der Waals surface area contributed by atoms with Gasteiger partial charge in [0.2, 0.25) is 15.9 Å².